The zero-order valence-corrected chi connectivity index (χ0v) is 13.2. The fourth-order valence-corrected chi connectivity index (χ4v) is 2.65. The molecule has 0 aliphatic carbocycles. The van der Waals surface area contributed by atoms with E-state index in [1.54, 1.807) is 0 Å². The average molecular weight is 289 g/mol. The second-order valence-electron chi connectivity index (χ2n) is 5.30. The number of piperidine rings is 1. The molecule has 4 heteroatoms. The maximum absolute atomic E-state index is 5.71. The van der Waals surface area contributed by atoms with Crippen molar-refractivity contribution >= 4 is 5.96 Å². The van der Waals surface area contributed by atoms with E-state index >= 15 is 0 Å². The molecule has 0 spiro atoms. The Balaban J connectivity index is 1.92. The van der Waals surface area contributed by atoms with Gasteiger partial charge in [-0.2, -0.15) is 0 Å². The van der Waals surface area contributed by atoms with Gasteiger partial charge in [0, 0.05) is 26.2 Å². The first-order valence-corrected chi connectivity index (χ1v) is 8.02. The molecular formula is C17H27N3O. The van der Waals surface area contributed by atoms with Crippen molar-refractivity contribution in [3.63, 3.8) is 0 Å². The molecule has 0 amide bonds. The van der Waals surface area contributed by atoms with Crippen molar-refractivity contribution in [1.82, 2.24) is 10.2 Å². The Morgan fingerprint density at radius 2 is 1.95 bits per heavy atom. The Labute approximate surface area is 128 Å². The van der Waals surface area contributed by atoms with E-state index in [9.17, 15) is 0 Å². The molecule has 1 aromatic carbocycles. The zero-order chi connectivity index (χ0) is 14.9. The summed E-state index contributed by atoms with van der Waals surface area (Å²) in [6.45, 7) is 8.67. The summed E-state index contributed by atoms with van der Waals surface area (Å²) in [7, 11) is 0. The lowest BCUT2D eigenvalue weighted by molar-refractivity contribution is 0.0263. The van der Waals surface area contributed by atoms with Gasteiger partial charge in [-0.25, -0.2) is 4.99 Å². The number of hydrogen-bond acceptors (Lipinski definition) is 2. The first-order valence-electron chi connectivity index (χ1n) is 8.02. The van der Waals surface area contributed by atoms with E-state index in [1.807, 2.05) is 6.07 Å². The van der Waals surface area contributed by atoms with Crippen LogP contribution in [0.4, 0.5) is 0 Å². The van der Waals surface area contributed by atoms with Crippen LogP contribution < -0.4 is 5.32 Å². The Morgan fingerprint density at radius 3 is 2.57 bits per heavy atom. The van der Waals surface area contributed by atoms with Crippen molar-refractivity contribution in [2.45, 2.75) is 39.3 Å². The van der Waals surface area contributed by atoms with E-state index in [-0.39, 0.29) is 0 Å². The van der Waals surface area contributed by atoms with Gasteiger partial charge >= 0.3 is 0 Å². The highest BCUT2D eigenvalue weighted by atomic mass is 16.5. The third-order valence-corrected chi connectivity index (χ3v) is 3.73. The molecule has 116 valence electrons. The van der Waals surface area contributed by atoms with E-state index in [1.165, 1.54) is 5.56 Å². The van der Waals surface area contributed by atoms with Crippen LogP contribution in [0.5, 0.6) is 0 Å². The molecule has 4 nitrogen and oxygen atoms in total. The SMILES string of the molecule is CCNC(=NCc1ccccc1)N1CCC(OCC)CC1. The van der Waals surface area contributed by atoms with E-state index in [0.29, 0.717) is 6.10 Å². The maximum atomic E-state index is 5.71. The van der Waals surface area contributed by atoms with Gasteiger partial charge in [0.1, 0.15) is 0 Å². The van der Waals surface area contributed by atoms with Crippen molar-refractivity contribution < 1.29 is 4.74 Å². The molecule has 1 N–H and O–H groups in total. The van der Waals surface area contributed by atoms with Gasteiger partial charge in [0.05, 0.1) is 12.6 Å². The van der Waals surface area contributed by atoms with Crippen molar-refractivity contribution in [1.29, 1.82) is 0 Å². The van der Waals surface area contributed by atoms with Crippen molar-refractivity contribution in [3.8, 4) is 0 Å². The molecular weight excluding hydrogens is 262 g/mol. The highest BCUT2D eigenvalue weighted by Crippen LogP contribution is 2.14. The topological polar surface area (TPSA) is 36.9 Å². The first kappa shape index (κ1) is 15.8. The van der Waals surface area contributed by atoms with Crippen molar-refractivity contribution in [3.05, 3.63) is 35.9 Å². The van der Waals surface area contributed by atoms with Gasteiger partial charge < -0.3 is 15.0 Å². The van der Waals surface area contributed by atoms with Crippen LogP contribution in [0, 0.1) is 0 Å². The third-order valence-electron chi connectivity index (χ3n) is 3.73. The van der Waals surface area contributed by atoms with E-state index in [4.69, 9.17) is 9.73 Å². The van der Waals surface area contributed by atoms with Gasteiger partial charge in [-0.3, -0.25) is 0 Å². The largest absolute Gasteiger partial charge is 0.378 e. The van der Waals surface area contributed by atoms with Gasteiger partial charge in [-0.15, -0.1) is 0 Å². The molecule has 0 aromatic heterocycles. The van der Waals surface area contributed by atoms with E-state index in [2.05, 4.69) is 48.3 Å². The highest BCUT2D eigenvalue weighted by Gasteiger charge is 2.21. The number of ether oxygens (including phenoxy) is 1. The smallest absolute Gasteiger partial charge is 0.194 e. The molecule has 1 aliphatic heterocycles. The second-order valence-corrected chi connectivity index (χ2v) is 5.30. The fourth-order valence-electron chi connectivity index (χ4n) is 2.65. The van der Waals surface area contributed by atoms with Gasteiger partial charge in [0.15, 0.2) is 5.96 Å². The maximum Gasteiger partial charge on any atom is 0.194 e. The number of hydrogen-bond donors (Lipinski definition) is 1. The van der Waals surface area contributed by atoms with Gasteiger partial charge in [0.25, 0.3) is 0 Å². The van der Waals surface area contributed by atoms with Gasteiger partial charge in [-0.05, 0) is 32.3 Å². The van der Waals surface area contributed by atoms with Crippen LogP contribution in [0.1, 0.15) is 32.3 Å². The number of rotatable bonds is 5. The summed E-state index contributed by atoms with van der Waals surface area (Å²) in [5.74, 6) is 1.02. The Hall–Kier alpha value is -1.55. The number of nitrogens with one attached hydrogen (secondary N) is 1. The molecule has 0 radical (unpaired) electrons. The minimum atomic E-state index is 0.420. The summed E-state index contributed by atoms with van der Waals surface area (Å²) in [4.78, 5) is 7.12. The van der Waals surface area contributed by atoms with E-state index < -0.39 is 0 Å². The normalized spacial score (nSPS) is 17.0. The third kappa shape index (κ3) is 5.05. The molecule has 1 aromatic rings. The predicted molar refractivity (Wildman–Crippen MR) is 87.5 cm³/mol. The number of likely N-dealkylation sites (tertiary alicyclic amines) is 1. The highest BCUT2D eigenvalue weighted by molar-refractivity contribution is 5.80. The molecule has 1 saturated heterocycles. The summed E-state index contributed by atoms with van der Waals surface area (Å²) in [6, 6.07) is 10.4. The average Bonchev–Trinajstić information content (AvgIpc) is 2.54. The molecule has 21 heavy (non-hydrogen) atoms. The molecule has 0 bridgehead atoms. The van der Waals surface area contributed by atoms with Gasteiger partial charge in [0.2, 0.25) is 0 Å². The van der Waals surface area contributed by atoms with Crippen LogP contribution in [-0.4, -0.2) is 43.2 Å². The quantitative estimate of drug-likeness (QED) is 0.669. The standard InChI is InChI=1S/C17H27N3O/c1-3-18-17(19-14-15-8-6-5-7-9-15)20-12-10-16(11-13-20)21-4-2/h5-9,16H,3-4,10-14H2,1-2H3,(H,18,19). The van der Waals surface area contributed by atoms with E-state index in [0.717, 1.165) is 51.6 Å². The zero-order valence-electron chi connectivity index (χ0n) is 13.2. The Morgan fingerprint density at radius 1 is 1.24 bits per heavy atom. The lowest BCUT2D eigenvalue weighted by Gasteiger charge is -2.34. The van der Waals surface area contributed by atoms with Gasteiger partial charge in [-0.1, -0.05) is 30.3 Å². The minimum absolute atomic E-state index is 0.420. The minimum Gasteiger partial charge on any atom is -0.378 e. The lowest BCUT2D eigenvalue weighted by Crippen LogP contribution is -2.47. The molecule has 2 rings (SSSR count). The summed E-state index contributed by atoms with van der Waals surface area (Å²) in [5, 5.41) is 3.40. The van der Waals surface area contributed by atoms with Crippen LogP contribution in [0.3, 0.4) is 0 Å². The molecule has 1 fully saturated rings. The fraction of sp³-hybridized carbons (Fsp3) is 0.588. The van der Waals surface area contributed by atoms with Crippen LogP contribution in [-0.2, 0) is 11.3 Å². The lowest BCUT2D eigenvalue weighted by atomic mass is 10.1. The van der Waals surface area contributed by atoms with Crippen LogP contribution >= 0.6 is 0 Å². The first-order chi connectivity index (χ1) is 10.3. The monoisotopic (exact) mass is 289 g/mol. The Kier molecular flexibility index (Phi) is 6.54. The molecule has 0 atom stereocenters. The summed E-state index contributed by atoms with van der Waals surface area (Å²) in [5.41, 5.74) is 1.25. The number of aliphatic imine (C=N–C) groups is 1. The molecule has 0 unspecified atom stereocenters. The second kappa shape index (κ2) is 8.67. The number of guanidine groups is 1. The molecule has 1 heterocycles. The van der Waals surface area contributed by atoms with Crippen LogP contribution in [0.25, 0.3) is 0 Å². The Bertz CT molecular complexity index is 425. The van der Waals surface area contributed by atoms with Crippen LogP contribution in [0.2, 0.25) is 0 Å². The molecule has 1 aliphatic rings. The molecule has 0 saturated carbocycles. The van der Waals surface area contributed by atoms with Crippen molar-refractivity contribution in [2.24, 2.45) is 4.99 Å². The van der Waals surface area contributed by atoms with Crippen LogP contribution in [0.15, 0.2) is 35.3 Å². The predicted octanol–water partition coefficient (Wildman–Crippen LogP) is 2.65. The van der Waals surface area contributed by atoms with Crippen molar-refractivity contribution in [2.75, 3.05) is 26.2 Å². The summed E-state index contributed by atoms with van der Waals surface area (Å²) in [6.07, 6.45) is 2.59. The number of nitrogens with zero attached hydrogens (tertiary/aromatic N) is 2. The summed E-state index contributed by atoms with van der Waals surface area (Å²) >= 11 is 0. The summed E-state index contributed by atoms with van der Waals surface area (Å²) < 4.78 is 5.71. The number of benzene rings is 1.